The molecule has 118 valence electrons. The largest absolute Gasteiger partial charge is 0.492 e. The van der Waals surface area contributed by atoms with Crippen LogP contribution >= 0.6 is 0 Å². The Morgan fingerprint density at radius 2 is 2.00 bits per heavy atom. The Labute approximate surface area is 127 Å². The van der Waals surface area contributed by atoms with Crippen molar-refractivity contribution in [1.82, 2.24) is 4.57 Å². The van der Waals surface area contributed by atoms with Crippen LogP contribution in [0.25, 0.3) is 10.9 Å². The predicted molar refractivity (Wildman–Crippen MR) is 82.9 cm³/mol. The molecule has 0 N–H and O–H groups in total. The molecule has 0 amide bonds. The zero-order valence-electron chi connectivity index (χ0n) is 13.0. The van der Waals surface area contributed by atoms with Crippen molar-refractivity contribution >= 4 is 16.6 Å². The zero-order chi connectivity index (χ0) is 16.4. The molecule has 1 heterocycles. The Kier molecular flexibility index (Phi) is 4.35. The highest BCUT2D eigenvalue weighted by molar-refractivity contribution is 5.89. The first kappa shape index (κ1) is 15.8. The van der Waals surface area contributed by atoms with Crippen LogP contribution in [-0.4, -0.2) is 22.7 Å². The summed E-state index contributed by atoms with van der Waals surface area (Å²) < 4.78 is 12.4. The summed E-state index contributed by atoms with van der Waals surface area (Å²) in [6.45, 7) is 5.80. The molecule has 0 radical (unpaired) electrons. The molecular weight excluding hydrogens is 288 g/mol. The number of pyridine rings is 1. The number of nitro benzene ring substituents is 1. The number of nitrogens with zero attached hydrogens (tertiary/aromatic N) is 2. The van der Waals surface area contributed by atoms with Crippen LogP contribution in [0, 0.1) is 10.1 Å². The molecule has 0 aliphatic heterocycles. The lowest BCUT2D eigenvalue weighted by Gasteiger charge is -2.17. The normalized spacial score (nSPS) is 11.0. The second-order valence-corrected chi connectivity index (χ2v) is 5.04. The number of ether oxygens (including phenoxy) is 2. The van der Waals surface area contributed by atoms with Gasteiger partial charge in [0.2, 0.25) is 5.75 Å². The van der Waals surface area contributed by atoms with Gasteiger partial charge in [-0.15, -0.1) is 0 Å². The van der Waals surface area contributed by atoms with E-state index in [9.17, 15) is 14.9 Å². The summed E-state index contributed by atoms with van der Waals surface area (Å²) in [6.07, 6.45) is -0.192. The molecular formula is C15H18N2O5. The van der Waals surface area contributed by atoms with Crippen LogP contribution in [0.2, 0.25) is 0 Å². The van der Waals surface area contributed by atoms with Crippen molar-refractivity contribution in [3.05, 3.63) is 38.7 Å². The fourth-order valence-corrected chi connectivity index (χ4v) is 2.36. The van der Waals surface area contributed by atoms with Crippen LogP contribution in [0.3, 0.4) is 0 Å². The van der Waals surface area contributed by atoms with Crippen LogP contribution in [0.1, 0.15) is 20.8 Å². The molecule has 0 saturated carbocycles. The maximum Gasteiger partial charge on any atom is 0.297 e. The lowest BCUT2D eigenvalue weighted by atomic mass is 10.1. The maximum atomic E-state index is 12.6. The number of benzene rings is 1. The fraction of sp³-hybridized carbons (Fsp3) is 0.400. The first-order valence-electron chi connectivity index (χ1n) is 6.96. The highest BCUT2D eigenvalue weighted by atomic mass is 16.6. The minimum atomic E-state index is -0.491. The van der Waals surface area contributed by atoms with Gasteiger partial charge >= 0.3 is 0 Å². The van der Waals surface area contributed by atoms with Gasteiger partial charge in [-0.3, -0.25) is 14.9 Å². The lowest BCUT2D eigenvalue weighted by molar-refractivity contribution is -0.384. The third-order valence-corrected chi connectivity index (χ3v) is 3.25. The van der Waals surface area contributed by atoms with Crippen molar-refractivity contribution in [2.75, 3.05) is 7.11 Å². The molecule has 0 fully saturated rings. The number of hydrogen-bond donors (Lipinski definition) is 0. The molecule has 0 bridgehead atoms. The molecule has 22 heavy (non-hydrogen) atoms. The monoisotopic (exact) mass is 306 g/mol. The molecule has 0 saturated heterocycles. The number of rotatable bonds is 5. The van der Waals surface area contributed by atoms with E-state index in [0.29, 0.717) is 23.2 Å². The van der Waals surface area contributed by atoms with Gasteiger partial charge < -0.3 is 14.0 Å². The Balaban J connectivity index is 2.90. The van der Waals surface area contributed by atoms with Crippen LogP contribution in [0.15, 0.2) is 23.0 Å². The minimum absolute atomic E-state index is 0.0753. The molecule has 0 spiro atoms. The average molecular weight is 306 g/mol. The van der Waals surface area contributed by atoms with E-state index in [0.717, 1.165) is 0 Å². The van der Waals surface area contributed by atoms with Crippen molar-refractivity contribution < 1.29 is 14.4 Å². The summed E-state index contributed by atoms with van der Waals surface area (Å²) >= 11 is 0. The van der Waals surface area contributed by atoms with Crippen LogP contribution in [0.5, 0.6) is 11.5 Å². The number of hydrogen-bond acceptors (Lipinski definition) is 5. The first-order chi connectivity index (χ1) is 10.4. The van der Waals surface area contributed by atoms with Crippen LogP contribution in [0.4, 0.5) is 5.69 Å². The molecule has 7 heteroatoms. The van der Waals surface area contributed by atoms with Crippen molar-refractivity contribution in [1.29, 1.82) is 0 Å². The SMILES string of the molecule is CCn1c(=O)c(OC(C)C)c(OC)c2ccc([N+](=O)[O-])cc21. The molecule has 2 aromatic rings. The summed E-state index contributed by atoms with van der Waals surface area (Å²) in [7, 11) is 1.44. The summed E-state index contributed by atoms with van der Waals surface area (Å²) in [5, 5.41) is 11.6. The van der Waals surface area contributed by atoms with E-state index < -0.39 is 4.92 Å². The van der Waals surface area contributed by atoms with E-state index in [-0.39, 0.29) is 23.1 Å². The Hall–Kier alpha value is -2.57. The summed E-state index contributed by atoms with van der Waals surface area (Å²) in [5.74, 6) is 0.425. The van der Waals surface area contributed by atoms with Gasteiger partial charge in [0.15, 0.2) is 5.75 Å². The highest BCUT2D eigenvalue weighted by Gasteiger charge is 2.21. The van der Waals surface area contributed by atoms with Gasteiger partial charge in [0.05, 0.1) is 23.7 Å². The second kappa shape index (κ2) is 6.05. The Morgan fingerprint density at radius 3 is 2.50 bits per heavy atom. The molecule has 1 aromatic carbocycles. The second-order valence-electron chi connectivity index (χ2n) is 5.04. The van der Waals surface area contributed by atoms with E-state index in [4.69, 9.17) is 9.47 Å². The predicted octanol–water partition coefficient (Wildman–Crippen LogP) is 2.73. The summed E-state index contributed by atoms with van der Waals surface area (Å²) in [5.41, 5.74) is 0.0179. The topological polar surface area (TPSA) is 83.6 Å². The van der Waals surface area contributed by atoms with Gasteiger partial charge in [-0.05, 0) is 26.8 Å². The number of aryl methyl sites for hydroxylation is 1. The van der Waals surface area contributed by atoms with E-state index in [2.05, 4.69) is 0 Å². The first-order valence-corrected chi connectivity index (χ1v) is 6.96. The molecule has 0 aliphatic carbocycles. The quantitative estimate of drug-likeness (QED) is 0.626. The average Bonchev–Trinajstić information content (AvgIpc) is 2.47. The Morgan fingerprint density at radius 1 is 1.32 bits per heavy atom. The number of fused-ring (bicyclic) bond motifs is 1. The molecule has 1 aromatic heterocycles. The number of aromatic nitrogens is 1. The van der Waals surface area contributed by atoms with Crippen molar-refractivity contribution in [2.24, 2.45) is 0 Å². The maximum absolute atomic E-state index is 12.6. The van der Waals surface area contributed by atoms with E-state index in [1.165, 1.54) is 23.8 Å². The van der Waals surface area contributed by atoms with Gasteiger partial charge in [0.1, 0.15) is 0 Å². The van der Waals surface area contributed by atoms with Crippen molar-refractivity contribution in [3.8, 4) is 11.5 Å². The highest BCUT2D eigenvalue weighted by Crippen LogP contribution is 2.34. The summed E-state index contributed by atoms with van der Waals surface area (Å²) in [6, 6.07) is 4.33. The van der Waals surface area contributed by atoms with Gasteiger partial charge in [0, 0.05) is 24.1 Å². The van der Waals surface area contributed by atoms with Gasteiger partial charge in [-0.2, -0.15) is 0 Å². The molecule has 0 atom stereocenters. The van der Waals surface area contributed by atoms with Gasteiger partial charge in [0.25, 0.3) is 11.2 Å². The Bertz CT molecular complexity index is 780. The fourth-order valence-electron chi connectivity index (χ4n) is 2.36. The van der Waals surface area contributed by atoms with Gasteiger partial charge in [-0.1, -0.05) is 0 Å². The van der Waals surface area contributed by atoms with Gasteiger partial charge in [-0.25, -0.2) is 0 Å². The summed E-state index contributed by atoms with van der Waals surface area (Å²) in [4.78, 5) is 23.1. The molecule has 0 unspecified atom stereocenters. The third kappa shape index (κ3) is 2.61. The zero-order valence-corrected chi connectivity index (χ0v) is 13.0. The smallest absolute Gasteiger partial charge is 0.297 e. The van der Waals surface area contributed by atoms with E-state index >= 15 is 0 Å². The minimum Gasteiger partial charge on any atom is -0.492 e. The van der Waals surface area contributed by atoms with Crippen molar-refractivity contribution in [2.45, 2.75) is 33.4 Å². The molecule has 0 aliphatic rings. The van der Waals surface area contributed by atoms with E-state index in [1.807, 2.05) is 13.8 Å². The van der Waals surface area contributed by atoms with Crippen LogP contribution < -0.4 is 15.0 Å². The standard InChI is InChI=1S/C15H18N2O5/c1-5-16-12-8-10(17(19)20)6-7-11(12)13(21-4)14(15(16)18)22-9(2)3/h6-9H,5H2,1-4H3. The van der Waals surface area contributed by atoms with Crippen LogP contribution in [-0.2, 0) is 6.54 Å². The third-order valence-electron chi connectivity index (χ3n) is 3.25. The number of nitro groups is 1. The molecule has 2 rings (SSSR count). The number of non-ortho nitro benzene ring substituents is 1. The lowest BCUT2D eigenvalue weighted by Crippen LogP contribution is -2.24. The van der Waals surface area contributed by atoms with Crippen molar-refractivity contribution in [3.63, 3.8) is 0 Å². The van der Waals surface area contributed by atoms with E-state index in [1.54, 1.807) is 13.0 Å². The molecule has 7 nitrogen and oxygen atoms in total. The number of methoxy groups -OCH3 is 1.